The minimum absolute atomic E-state index is 0.173. The van der Waals surface area contributed by atoms with Crippen LogP contribution in [0.5, 0.6) is 5.75 Å². The molecule has 0 radical (unpaired) electrons. The number of hydrogen-bond donors (Lipinski definition) is 1. The Morgan fingerprint density at radius 2 is 1.63 bits per heavy atom. The highest BCUT2D eigenvalue weighted by molar-refractivity contribution is 7.92. The molecule has 1 saturated heterocycles. The number of anilines is 2. The van der Waals surface area contributed by atoms with E-state index in [0.29, 0.717) is 5.75 Å². The summed E-state index contributed by atoms with van der Waals surface area (Å²) >= 11 is 0. The summed E-state index contributed by atoms with van der Waals surface area (Å²) in [5.74, 6) is 1.70. The van der Waals surface area contributed by atoms with Crippen molar-refractivity contribution in [1.29, 1.82) is 0 Å². The second-order valence-electron chi connectivity index (χ2n) is 7.07. The van der Waals surface area contributed by atoms with Gasteiger partial charge < -0.3 is 9.64 Å². The normalized spacial score (nSPS) is 18.0. The number of benzene rings is 1. The monoisotopic (exact) mass is 388 g/mol. The second-order valence-corrected chi connectivity index (χ2v) is 8.75. The molecule has 144 valence electrons. The van der Waals surface area contributed by atoms with E-state index in [1.165, 1.54) is 12.8 Å². The molecular formula is C19H24N4O3S. The molecule has 1 N–H and O–H groups in total. The lowest BCUT2D eigenvalue weighted by atomic mass is 10.3. The molecular weight excluding hydrogens is 364 g/mol. The molecule has 8 heteroatoms. The summed E-state index contributed by atoms with van der Waals surface area (Å²) in [5, 5.41) is 8.15. The van der Waals surface area contributed by atoms with Gasteiger partial charge in [-0.05, 0) is 74.9 Å². The lowest BCUT2D eigenvalue weighted by Gasteiger charge is -2.15. The molecule has 0 atom stereocenters. The van der Waals surface area contributed by atoms with E-state index >= 15 is 0 Å². The minimum Gasteiger partial charge on any atom is -0.490 e. The Labute approximate surface area is 159 Å². The molecule has 2 aliphatic rings. The number of aromatic nitrogens is 2. The van der Waals surface area contributed by atoms with Crippen LogP contribution in [0.2, 0.25) is 0 Å². The number of nitrogens with one attached hydrogen (secondary N) is 1. The number of rotatable bonds is 6. The van der Waals surface area contributed by atoms with Crippen molar-refractivity contribution in [2.45, 2.75) is 49.5 Å². The highest BCUT2D eigenvalue weighted by atomic mass is 32.2. The summed E-state index contributed by atoms with van der Waals surface area (Å²) in [4.78, 5) is 2.32. The molecule has 1 aromatic carbocycles. The highest BCUT2D eigenvalue weighted by Crippen LogP contribution is 2.25. The van der Waals surface area contributed by atoms with Gasteiger partial charge in [0, 0.05) is 13.1 Å². The summed E-state index contributed by atoms with van der Waals surface area (Å²) in [6, 6.07) is 9.96. The SMILES string of the molecule is O=S(=O)(Nc1ccc(N2CCCC2)nn1)c1ccc(OC2CCCC2)cc1. The molecule has 0 amide bonds. The average molecular weight is 388 g/mol. The molecule has 0 unspecified atom stereocenters. The molecule has 2 fully saturated rings. The summed E-state index contributed by atoms with van der Waals surface area (Å²) in [6.45, 7) is 1.93. The predicted octanol–water partition coefficient (Wildman–Crippen LogP) is 3.20. The van der Waals surface area contributed by atoms with Gasteiger partial charge in [0.25, 0.3) is 10.0 Å². The van der Waals surface area contributed by atoms with Gasteiger partial charge in [0.15, 0.2) is 11.6 Å². The molecule has 2 heterocycles. The maximum Gasteiger partial charge on any atom is 0.263 e. The van der Waals surface area contributed by atoms with E-state index in [4.69, 9.17) is 4.74 Å². The molecule has 4 rings (SSSR count). The van der Waals surface area contributed by atoms with E-state index in [1.54, 1.807) is 36.4 Å². The Morgan fingerprint density at radius 3 is 2.26 bits per heavy atom. The molecule has 2 aromatic rings. The fraction of sp³-hybridized carbons (Fsp3) is 0.474. The fourth-order valence-electron chi connectivity index (χ4n) is 3.59. The van der Waals surface area contributed by atoms with Crippen LogP contribution < -0.4 is 14.4 Å². The molecule has 0 spiro atoms. The van der Waals surface area contributed by atoms with Crippen molar-refractivity contribution >= 4 is 21.7 Å². The third-order valence-electron chi connectivity index (χ3n) is 5.06. The molecule has 0 bridgehead atoms. The van der Waals surface area contributed by atoms with Crippen molar-refractivity contribution in [2.75, 3.05) is 22.7 Å². The largest absolute Gasteiger partial charge is 0.490 e. The van der Waals surface area contributed by atoms with Gasteiger partial charge in [-0.3, -0.25) is 4.72 Å². The first kappa shape index (κ1) is 18.0. The van der Waals surface area contributed by atoms with Crippen molar-refractivity contribution in [1.82, 2.24) is 10.2 Å². The van der Waals surface area contributed by atoms with Gasteiger partial charge in [-0.2, -0.15) is 0 Å². The Bertz CT molecular complexity index is 857. The predicted molar refractivity (Wildman–Crippen MR) is 104 cm³/mol. The van der Waals surface area contributed by atoms with Gasteiger partial charge >= 0.3 is 0 Å². The lowest BCUT2D eigenvalue weighted by molar-refractivity contribution is 0.210. The van der Waals surface area contributed by atoms with E-state index in [-0.39, 0.29) is 16.8 Å². The van der Waals surface area contributed by atoms with E-state index in [2.05, 4.69) is 19.8 Å². The van der Waals surface area contributed by atoms with Gasteiger partial charge in [-0.15, -0.1) is 10.2 Å². The van der Waals surface area contributed by atoms with Crippen LogP contribution in [0.25, 0.3) is 0 Å². The van der Waals surface area contributed by atoms with Crippen molar-refractivity contribution in [3.63, 3.8) is 0 Å². The third-order valence-corrected chi connectivity index (χ3v) is 6.43. The average Bonchev–Trinajstić information content (AvgIpc) is 3.36. The van der Waals surface area contributed by atoms with Crippen LogP contribution in [-0.4, -0.2) is 37.8 Å². The van der Waals surface area contributed by atoms with Crippen LogP contribution in [0.3, 0.4) is 0 Å². The smallest absolute Gasteiger partial charge is 0.263 e. The van der Waals surface area contributed by atoms with Gasteiger partial charge in [-0.1, -0.05) is 0 Å². The van der Waals surface area contributed by atoms with Gasteiger partial charge in [-0.25, -0.2) is 8.42 Å². The van der Waals surface area contributed by atoms with E-state index in [1.807, 2.05) is 0 Å². The van der Waals surface area contributed by atoms with Crippen LogP contribution in [0.1, 0.15) is 38.5 Å². The summed E-state index contributed by atoms with van der Waals surface area (Å²) in [5.41, 5.74) is 0. The Morgan fingerprint density at radius 1 is 0.926 bits per heavy atom. The molecule has 27 heavy (non-hydrogen) atoms. The van der Waals surface area contributed by atoms with Crippen LogP contribution in [-0.2, 0) is 10.0 Å². The summed E-state index contributed by atoms with van der Waals surface area (Å²) in [6.07, 6.45) is 7.06. The van der Waals surface area contributed by atoms with Crippen LogP contribution in [0, 0.1) is 0 Å². The number of hydrogen-bond acceptors (Lipinski definition) is 6. The van der Waals surface area contributed by atoms with Crippen molar-refractivity contribution in [2.24, 2.45) is 0 Å². The quantitative estimate of drug-likeness (QED) is 0.818. The Balaban J connectivity index is 1.41. The standard InChI is InChI=1S/C19H24N4O3S/c24-27(25,17-9-7-16(8-10-17)26-15-5-1-2-6-15)22-18-11-12-19(21-20-18)23-13-3-4-14-23/h7-12,15H,1-6,13-14H2,(H,20,22). The summed E-state index contributed by atoms with van der Waals surface area (Å²) in [7, 11) is -3.71. The zero-order chi connectivity index (χ0) is 18.7. The van der Waals surface area contributed by atoms with Gasteiger partial charge in [0.1, 0.15) is 5.75 Å². The molecule has 1 saturated carbocycles. The van der Waals surface area contributed by atoms with Gasteiger partial charge in [0.05, 0.1) is 11.0 Å². The zero-order valence-electron chi connectivity index (χ0n) is 15.2. The topological polar surface area (TPSA) is 84.4 Å². The Hall–Kier alpha value is -2.35. The first-order valence-electron chi connectivity index (χ1n) is 9.48. The van der Waals surface area contributed by atoms with Crippen LogP contribution in [0.4, 0.5) is 11.6 Å². The second kappa shape index (κ2) is 7.72. The number of nitrogens with zero attached hydrogens (tertiary/aromatic N) is 3. The van der Waals surface area contributed by atoms with E-state index in [0.717, 1.165) is 44.6 Å². The molecule has 1 aliphatic heterocycles. The van der Waals surface area contributed by atoms with Crippen molar-refractivity contribution < 1.29 is 13.2 Å². The van der Waals surface area contributed by atoms with Crippen molar-refractivity contribution in [3.05, 3.63) is 36.4 Å². The molecule has 7 nitrogen and oxygen atoms in total. The first-order valence-corrected chi connectivity index (χ1v) is 11.0. The maximum atomic E-state index is 12.6. The number of sulfonamides is 1. The fourth-order valence-corrected chi connectivity index (χ4v) is 4.58. The summed E-state index contributed by atoms with van der Waals surface area (Å²) < 4.78 is 33.5. The first-order chi connectivity index (χ1) is 13.1. The van der Waals surface area contributed by atoms with Crippen LogP contribution in [0.15, 0.2) is 41.3 Å². The Kier molecular flexibility index (Phi) is 5.15. The van der Waals surface area contributed by atoms with E-state index in [9.17, 15) is 8.42 Å². The minimum atomic E-state index is -3.71. The van der Waals surface area contributed by atoms with Crippen molar-refractivity contribution in [3.8, 4) is 5.75 Å². The van der Waals surface area contributed by atoms with Gasteiger partial charge in [0.2, 0.25) is 0 Å². The third kappa shape index (κ3) is 4.32. The maximum absolute atomic E-state index is 12.6. The molecule has 1 aliphatic carbocycles. The van der Waals surface area contributed by atoms with Crippen LogP contribution >= 0.6 is 0 Å². The zero-order valence-corrected chi connectivity index (χ0v) is 16.0. The lowest BCUT2D eigenvalue weighted by Crippen LogP contribution is -2.20. The van der Waals surface area contributed by atoms with E-state index < -0.39 is 10.0 Å². The highest BCUT2D eigenvalue weighted by Gasteiger charge is 2.19. The molecule has 1 aromatic heterocycles. The number of ether oxygens (including phenoxy) is 1.